The molecule has 0 aliphatic heterocycles. The van der Waals surface area contributed by atoms with E-state index < -0.39 is 0 Å². The molecule has 5 aromatic rings. The first kappa shape index (κ1) is 15.5. The third-order valence-electron chi connectivity index (χ3n) is 4.16. The molecule has 3 nitrogen and oxygen atoms in total. The Bertz CT molecular complexity index is 1180. The third kappa shape index (κ3) is 2.75. The maximum absolute atomic E-state index is 4.71. The van der Waals surface area contributed by atoms with Crippen LogP contribution in [0.5, 0.6) is 0 Å². The van der Waals surface area contributed by atoms with Gasteiger partial charge in [-0.1, -0.05) is 66.7 Å². The zero-order valence-corrected chi connectivity index (χ0v) is 15.3. The van der Waals surface area contributed by atoms with Gasteiger partial charge in [-0.2, -0.15) is 0 Å². The van der Waals surface area contributed by atoms with Gasteiger partial charge in [-0.3, -0.25) is 0 Å². The van der Waals surface area contributed by atoms with Gasteiger partial charge in [-0.15, -0.1) is 21.5 Å². The summed E-state index contributed by atoms with van der Waals surface area (Å²) in [6.07, 6.45) is 0. The van der Waals surface area contributed by atoms with E-state index in [9.17, 15) is 0 Å². The van der Waals surface area contributed by atoms with Crippen molar-refractivity contribution in [2.45, 2.75) is 9.37 Å². The molecule has 0 N–H and O–H groups in total. The lowest BCUT2D eigenvalue weighted by molar-refractivity contribution is 0.961. The highest BCUT2D eigenvalue weighted by molar-refractivity contribution is 8.01. The second-order valence-electron chi connectivity index (χ2n) is 5.81. The van der Waals surface area contributed by atoms with Crippen LogP contribution in [0.25, 0.3) is 32.2 Å². The summed E-state index contributed by atoms with van der Waals surface area (Å²) in [5, 5.41) is 12.2. The lowest BCUT2D eigenvalue weighted by atomic mass is 10.1. The van der Waals surface area contributed by atoms with Crippen molar-refractivity contribution >= 4 is 44.1 Å². The van der Waals surface area contributed by atoms with E-state index in [0.717, 1.165) is 36.9 Å². The van der Waals surface area contributed by atoms with Gasteiger partial charge in [0.2, 0.25) is 0 Å². The Morgan fingerprint density at radius 2 is 1.42 bits per heavy atom. The number of rotatable bonds is 3. The predicted molar refractivity (Wildman–Crippen MR) is 109 cm³/mol. The molecule has 0 fully saturated rings. The van der Waals surface area contributed by atoms with Crippen LogP contribution in [-0.4, -0.2) is 15.2 Å². The molecule has 0 amide bonds. The summed E-state index contributed by atoms with van der Waals surface area (Å²) >= 11 is 3.27. The number of nitrogens with zero attached hydrogens (tertiary/aromatic N) is 3. The number of para-hydroxylation sites is 1. The summed E-state index contributed by atoms with van der Waals surface area (Å²) < 4.78 is 2.17. The highest BCUT2D eigenvalue weighted by Gasteiger charge is 2.13. The van der Waals surface area contributed by atoms with Crippen molar-refractivity contribution in [3.05, 3.63) is 78.9 Å². The quantitative estimate of drug-likeness (QED) is 0.386. The molecular formula is C21H13N3S2. The molecule has 0 bridgehead atoms. The SMILES string of the molecule is c1ccc(-c2nnc(Sc3nc4ccccc4s3)c3ccccc23)cc1. The highest BCUT2D eigenvalue weighted by Crippen LogP contribution is 2.38. The summed E-state index contributed by atoms with van der Waals surface area (Å²) in [7, 11) is 0. The Kier molecular flexibility index (Phi) is 3.88. The van der Waals surface area contributed by atoms with Gasteiger partial charge in [0.05, 0.1) is 10.2 Å². The number of fused-ring (bicyclic) bond motifs is 2. The van der Waals surface area contributed by atoms with Crippen molar-refractivity contribution in [2.24, 2.45) is 0 Å². The fourth-order valence-electron chi connectivity index (χ4n) is 2.94. The summed E-state index contributed by atoms with van der Waals surface area (Å²) in [6.45, 7) is 0. The van der Waals surface area contributed by atoms with Crippen LogP contribution in [0, 0.1) is 0 Å². The molecule has 0 aliphatic carbocycles. The van der Waals surface area contributed by atoms with Gasteiger partial charge in [0.25, 0.3) is 0 Å². The standard InChI is InChI=1S/C21H13N3S2/c1-2-8-14(9-3-1)19-15-10-4-5-11-16(15)20(24-23-19)26-21-22-17-12-6-7-13-18(17)25-21/h1-13H. The molecule has 0 radical (unpaired) electrons. The molecule has 0 aliphatic rings. The number of thiazole rings is 1. The Hall–Kier alpha value is -2.76. The van der Waals surface area contributed by atoms with Crippen LogP contribution in [0.1, 0.15) is 0 Å². The molecule has 0 atom stereocenters. The van der Waals surface area contributed by atoms with Gasteiger partial charge in [0.15, 0.2) is 4.34 Å². The van der Waals surface area contributed by atoms with Gasteiger partial charge in [0.1, 0.15) is 10.7 Å². The van der Waals surface area contributed by atoms with Gasteiger partial charge < -0.3 is 0 Å². The Morgan fingerprint density at radius 3 is 2.27 bits per heavy atom. The molecule has 3 aromatic carbocycles. The van der Waals surface area contributed by atoms with E-state index in [1.165, 1.54) is 4.70 Å². The van der Waals surface area contributed by atoms with E-state index in [1.54, 1.807) is 23.1 Å². The first-order chi connectivity index (χ1) is 12.9. The van der Waals surface area contributed by atoms with E-state index in [2.05, 4.69) is 40.5 Å². The second kappa shape index (κ2) is 6.52. The van der Waals surface area contributed by atoms with Gasteiger partial charge in [-0.25, -0.2) is 4.98 Å². The normalized spacial score (nSPS) is 11.2. The zero-order valence-electron chi connectivity index (χ0n) is 13.7. The average molecular weight is 371 g/mol. The molecule has 5 rings (SSSR count). The monoisotopic (exact) mass is 371 g/mol. The van der Waals surface area contributed by atoms with Gasteiger partial charge in [-0.05, 0) is 23.9 Å². The summed E-state index contributed by atoms with van der Waals surface area (Å²) in [6, 6.07) is 26.7. The van der Waals surface area contributed by atoms with Crippen LogP contribution in [0.4, 0.5) is 0 Å². The molecule has 2 aromatic heterocycles. The van der Waals surface area contributed by atoms with Crippen LogP contribution in [-0.2, 0) is 0 Å². The van der Waals surface area contributed by atoms with Crippen molar-refractivity contribution < 1.29 is 0 Å². The number of hydrogen-bond donors (Lipinski definition) is 0. The fourth-order valence-corrected chi connectivity index (χ4v) is 4.99. The smallest absolute Gasteiger partial charge is 0.157 e. The van der Waals surface area contributed by atoms with Crippen LogP contribution in [0.3, 0.4) is 0 Å². The van der Waals surface area contributed by atoms with Crippen LogP contribution >= 0.6 is 23.1 Å². The average Bonchev–Trinajstić information content (AvgIpc) is 3.11. The molecule has 2 heterocycles. The van der Waals surface area contributed by atoms with Crippen molar-refractivity contribution in [1.29, 1.82) is 0 Å². The first-order valence-electron chi connectivity index (χ1n) is 8.23. The van der Waals surface area contributed by atoms with E-state index >= 15 is 0 Å². The molecule has 0 unspecified atom stereocenters. The lowest BCUT2D eigenvalue weighted by Crippen LogP contribution is -1.93. The van der Waals surface area contributed by atoms with Crippen molar-refractivity contribution in [2.75, 3.05) is 0 Å². The Morgan fingerprint density at radius 1 is 0.692 bits per heavy atom. The molecule has 0 spiro atoms. The van der Waals surface area contributed by atoms with Crippen LogP contribution in [0.15, 0.2) is 88.2 Å². The van der Waals surface area contributed by atoms with Crippen molar-refractivity contribution in [3.63, 3.8) is 0 Å². The maximum atomic E-state index is 4.71. The van der Waals surface area contributed by atoms with Crippen molar-refractivity contribution in [1.82, 2.24) is 15.2 Å². The molecule has 0 saturated heterocycles. The Labute approximate surface area is 158 Å². The Balaban J connectivity index is 1.63. The number of benzene rings is 3. The molecule has 26 heavy (non-hydrogen) atoms. The fraction of sp³-hybridized carbons (Fsp3) is 0. The third-order valence-corrected chi connectivity index (χ3v) is 6.25. The summed E-state index contributed by atoms with van der Waals surface area (Å²) in [5.41, 5.74) is 3.01. The summed E-state index contributed by atoms with van der Waals surface area (Å²) in [4.78, 5) is 4.71. The van der Waals surface area contributed by atoms with E-state index in [-0.39, 0.29) is 0 Å². The number of aromatic nitrogens is 3. The largest absolute Gasteiger partial charge is 0.229 e. The maximum Gasteiger partial charge on any atom is 0.157 e. The van der Waals surface area contributed by atoms with Gasteiger partial charge >= 0.3 is 0 Å². The predicted octanol–water partition coefficient (Wildman–Crippen LogP) is 6.06. The minimum absolute atomic E-state index is 0.888. The molecular weight excluding hydrogens is 358 g/mol. The van der Waals surface area contributed by atoms with Crippen molar-refractivity contribution in [3.8, 4) is 11.3 Å². The lowest BCUT2D eigenvalue weighted by Gasteiger charge is -2.08. The highest BCUT2D eigenvalue weighted by atomic mass is 32.2. The summed E-state index contributed by atoms with van der Waals surface area (Å²) in [5.74, 6) is 0. The second-order valence-corrected chi connectivity index (χ2v) is 8.08. The zero-order chi connectivity index (χ0) is 17.3. The van der Waals surface area contributed by atoms with E-state index in [1.807, 2.05) is 48.5 Å². The van der Waals surface area contributed by atoms with E-state index in [4.69, 9.17) is 4.98 Å². The van der Waals surface area contributed by atoms with Crippen LogP contribution in [0.2, 0.25) is 0 Å². The minimum Gasteiger partial charge on any atom is -0.229 e. The van der Waals surface area contributed by atoms with Gasteiger partial charge in [0, 0.05) is 16.3 Å². The topological polar surface area (TPSA) is 38.7 Å². The molecule has 124 valence electrons. The number of hydrogen-bond acceptors (Lipinski definition) is 5. The van der Waals surface area contributed by atoms with Crippen LogP contribution < -0.4 is 0 Å². The first-order valence-corrected chi connectivity index (χ1v) is 9.86. The minimum atomic E-state index is 0.888. The molecule has 0 saturated carbocycles. The van der Waals surface area contributed by atoms with E-state index in [0.29, 0.717) is 0 Å². The molecule has 5 heteroatoms.